The molecule has 0 atom stereocenters. The zero-order chi connectivity index (χ0) is 18.5. The first-order chi connectivity index (χ1) is 12.7. The average molecular weight is 371 g/mol. The number of methoxy groups -OCH3 is 3. The highest BCUT2D eigenvalue weighted by atomic mass is 32.2. The Kier molecular flexibility index (Phi) is 5.68. The van der Waals surface area contributed by atoms with Crippen molar-refractivity contribution in [3.05, 3.63) is 48.0 Å². The third-order valence-electron chi connectivity index (χ3n) is 4.03. The van der Waals surface area contributed by atoms with E-state index in [4.69, 9.17) is 14.2 Å². The fourth-order valence-electron chi connectivity index (χ4n) is 2.64. The van der Waals surface area contributed by atoms with Crippen LogP contribution in [0.3, 0.4) is 0 Å². The second-order valence-electron chi connectivity index (χ2n) is 5.53. The number of thioether (sulfide) groups is 1. The lowest BCUT2D eigenvalue weighted by Gasteiger charge is -2.10. The van der Waals surface area contributed by atoms with Gasteiger partial charge < -0.3 is 18.8 Å². The van der Waals surface area contributed by atoms with E-state index >= 15 is 0 Å². The Morgan fingerprint density at radius 2 is 1.69 bits per heavy atom. The molecule has 0 spiro atoms. The van der Waals surface area contributed by atoms with E-state index in [1.165, 1.54) is 0 Å². The van der Waals surface area contributed by atoms with Gasteiger partial charge in [-0.2, -0.15) is 0 Å². The molecule has 0 saturated carbocycles. The molecule has 2 aromatic carbocycles. The lowest BCUT2D eigenvalue weighted by Crippen LogP contribution is -1.97. The van der Waals surface area contributed by atoms with Gasteiger partial charge in [-0.15, -0.1) is 10.2 Å². The molecule has 0 amide bonds. The molecule has 0 radical (unpaired) electrons. The Balaban J connectivity index is 1.84. The van der Waals surface area contributed by atoms with Crippen LogP contribution in [0.15, 0.2) is 47.6 Å². The highest BCUT2D eigenvalue weighted by molar-refractivity contribution is 7.98. The summed E-state index contributed by atoms with van der Waals surface area (Å²) in [5.74, 6) is 3.86. The van der Waals surface area contributed by atoms with E-state index in [-0.39, 0.29) is 0 Å². The molecular formula is C19H21N3O3S. The quantitative estimate of drug-likeness (QED) is 0.589. The van der Waals surface area contributed by atoms with Gasteiger partial charge in [0, 0.05) is 18.4 Å². The minimum atomic E-state index is 0.693. The van der Waals surface area contributed by atoms with E-state index in [9.17, 15) is 0 Å². The first-order valence-corrected chi connectivity index (χ1v) is 9.03. The van der Waals surface area contributed by atoms with Crippen LogP contribution in [0.4, 0.5) is 0 Å². The fourth-order valence-corrected chi connectivity index (χ4v) is 3.53. The molecule has 3 aromatic rings. The molecule has 1 heterocycles. The topological polar surface area (TPSA) is 58.4 Å². The molecule has 136 valence electrons. The molecule has 0 aliphatic carbocycles. The SMILES string of the molecule is COc1ccc(OC)c(CSc2nnc(-c3ccccc3OC)n2C)c1. The number of para-hydroxylation sites is 1. The van der Waals surface area contributed by atoms with Crippen LogP contribution in [0.25, 0.3) is 11.4 Å². The van der Waals surface area contributed by atoms with Gasteiger partial charge in [0.25, 0.3) is 0 Å². The molecule has 26 heavy (non-hydrogen) atoms. The van der Waals surface area contributed by atoms with E-state index in [1.54, 1.807) is 33.1 Å². The van der Waals surface area contributed by atoms with Crippen LogP contribution in [-0.4, -0.2) is 36.1 Å². The minimum absolute atomic E-state index is 0.693. The number of hydrogen-bond acceptors (Lipinski definition) is 6. The summed E-state index contributed by atoms with van der Waals surface area (Å²) >= 11 is 1.59. The van der Waals surface area contributed by atoms with Crippen molar-refractivity contribution in [2.45, 2.75) is 10.9 Å². The molecule has 7 heteroatoms. The number of hydrogen-bond donors (Lipinski definition) is 0. The van der Waals surface area contributed by atoms with Crippen LogP contribution in [0.1, 0.15) is 5.56 Å². The number of rotatable bonds is 7. The van der Waals surface area contributed by atoms with Gasteiger partial charge in [-0.25, -0.2) is 0 Å². The maximum Gasteiger partial charge on any atom is 0.191 e. The van der Waals surface area contributed by atoms with Crippen molar-refractivity contribution < 1.29 is 14.2 Å². The zero-order valence-electron chi connectivity index (χ0n) is 15.2. The van der Waals surface area contributed by atoms with Gasteiger partial charge in [-0.3, -0.25) is 0 Å². The summed E-state index contributed by atoms with van der Waals surface area (Å²) in [6, 6.07) is 13.5. The van der Waals surface area contributed by atoms with Crippen molar-refractivity contribution in [3.63, 3.8) is 0 Å². The highest BCUT2D eigenvalue weighted by Crippen LogP contribution is 2.33. The Hall–Kier alpha value is -2.67. The predicted octanol–water partition coefficient (Wildman–Crippen LogP) is 3.80. The molecule has 0 unspecified atom stereocenters. The summed E-state index contributed by atoms with van der Waals surface area (Å²) in [6.45, 7) is 0. The van der Waals surface area contributed by atoms with Gasteiger partial charge in [-0.05, 0) is 30.3 Å². The smallest absolute Gasteiger partial charge is 0.191 e. The highest BCUT2D eigenvalue weighted by Gasteiger charge is 2.15. The van der Waals surface area contributed by atoms with E-state index in [1.807, 2.05) is 54.1 Å². The molecule has 6 nitrogen and oxygen atoms in total. The van der Waals surface area contributed by atoms with Crippen LogP contribution in [0.2, 0.25) is 0 Å². The summed E-state index contributed by atoms with van der Waals surface area (Å²) in [4.78, 5) is 0. The molecule has 0 aliphatic heterocycles. The fraction of sp³-hybridized carbons (Fsp3) is 0.263. The first-order valence-electron chi connectivity index (χ1n) is 8.04. The van der Waals surface area contributed by atoms with Gasteiger partial charge >= 0.3 is 0 Å². The number of ether oxygens (including phenoxy) is 3. The van der Waals surface area contributed by atoms with Crippen molar-refractivity contribution in [2.75, 3.05) is 21.3 Å². The zero-order valence-corrected chi connectivity index (χ0v) is 16.0. The largest absolute Gasteiger partial charge is 0.497 e. The second-order valence-corrected chi connectivity index (χ2v) is 6.47. The second kappa shape index (κ2) is 8.14. The first kappa shape index (κ1) is 18.1. The maximum atomic E-state index is 5.44. The Morgan fingerprint density at radius 1 is 0.923 bits per heavy atom. The third kappa shape index (κ3) is 3.62. The van der Waals surface area contributed by atoms with Gasteiger partial charge in [0.15, 0.2) is 11.0 Å². The van der Waals surface area contributed by atoms with Crippen molar-refractivity contribution in [2.24, 2.45) is 7.05 Å². The monoisotopic (exact) mass is 371 g/mol. The van der Waals surface area contributed by atoms with Gasteiger partial charge in [-0.1, -0.05) is 23.9 Å². The van der Waals surface area contributed by atoms with Crippen LogP contribution >= 0.6 is 11.8 Å². The van der Waals surface area contributed by atoms with Crippen LogP contribution in [0.5, 0.6) is 17.2 Å². The van der Waals surface area contributed by atoms with Crippen molar-refractivity contribution >= 4 is 11.8 Å². The van der Waals surface area contributed by atoms with Gasteiger partial charge in [0.05, 0.1) is 26.9 Å². The summed E-state index contributed by atoms with van der Waals surface area (Å²) in [7, 11) is 6.92. The lowest BCUT2D eigenvalue weighted by atomic mass is 10.2. The Labute approximate surface area is 157 Å². The van der Waals surface area contributed by atoms with Crippen LogP contribution in [0, 0.1) is 0 Å². The molecule has 0 N–H and O–H groups in total. The van der Waals surface area contributed by atoms with E-state index in [0.29, 0.717) is 5.75 Å². The molecule has 0 saturated heterocycles. The summed E-state index contributed by atoms with van der Waals surface area (Å²) in [5, 5.41) is 9.48. The number of benzene rings is 2. The minimum Gasteiger partial charge on any atom is -0.497 e. The summed E-state index contributed by atoms with van der Waals surface area (Å²) < 4.78 is 18.1. The van der Waals surface area contributed by atoms with Gasteiger partial charge in [0.1, 0.15) is 17.2 Å². The van der Waals surface area contributed by atoms with Crippen LogP contribution < -0.4 is 14.2 Å². The van der Waals surface area contributed by atoms with E-state index in [0.717, 1.165) is 39.4 Å². The predicted molar refractivity (Wildman–Crippen MR) is 102 cm³/mol. The van der Waals surface area contributed by atoms with Crippen molar-refractivity contribution in [1.29, 1.82) is 0 Å². The average Bonchev–Trinajstić information content (AvgIpc) is 3.06. The van der Waals surface area contributed by atoms with E-state index < -0.39 is 0 Å². The Morgan fingerprint density at radius 3 is 2.42 bits per heavy atom. The van der Waals surface area contributed by atoms with Crippen molar-refractivity contribution in [3.8, 4) is 28.6 Å². The Bertz CT molecular complexity index is 895. The number of nitrogens with zero attached hydrogens (tertiary/aromatic N) is 3. The van der Waals surface area contributed by atoms with E-state index in [2.05, 4.69) is 10.2 Å². The molecule has 0 fully saturated rings. The summed E-state index contributed by atoms with van der Waals surface area (Å²) in [5.41, 5.74) is 1.95. The molecule has 3 rings (SSSR count). The van der Waals surface area contributed by atoms with Crippen LogP contribution in [-0.2, 0) is 12.8 Å². The standard InChI is InChI=1S/C19H21N3O3S/c1-22-18(15-7-5-6-8-17(15)25-4)20-21-19(22)26-12-13-11-14(23-2)9-10-16(13)24-3/h5-11H,12H2,1-4H3. The molecular weight excluding hydrogens is 350 g/mol. The molecule has 0 bridgehead atoms. The normalized spacial score (nSPS) is 10.6. The van der Waals surface area contributed by atoms with Gasteiger partial charge in [0.2, 0.25) is 0 Å². The third-order valence-corrected chi connectivity index (χ3v) is 5.10. The van der Waals surface area contributed by atoms with Crippen molar-refractivity contribution in [1.82, 2.24) is 14.8 Å². The maximum absolute atomic E-state index is 5.44. The molecule has 0 aliphatic rings. The lowest BCUT2D eigenvalue weighted by molar-refractivity contribution is 0.400. The number of aromatic nitrogens is 3. The molecule has 1 aromatic heterocycles. The summed E-state index contributed by atoms with van der Waals surface area (Å²) in [6.07, 6.45) is 0.